The van der Waals surface area contributed by atoms with Crippen LogP contribution in [-0.4, -0.2) is 23.1 Å². The molecule has 0 fully saturated rings. The lowest BCUT2D eigenvalue weighted by Gasteiger charge is -2.19. The van der Waals surface area contributed by atoms with E-state index in [9.17, 15) is 8.78 Å². The van der Waals surface area contributed by atoms with Crippen molar-refractivity contribution in [2.45, 2.75) is 26.0 Å². The Balaban J connectivity index is 2.28. The topological polar surface area (TPSA) is 47.0 Å². The van der Waals surface area contributed by atoms with Crippen LogP contribution >= 0.6 is 0 Å². The van der Waals surface area contributed by atoms with Crippen LogP contribution in [0.15, 0.2) is 42.9 Å². The van der Waals surface area contributed by atoms with E-state index < -0.39 is 6.61 Å². The zero-order valence-electron chi connectivity index (χ0n) is 11.7. The third-order valence-corrected chi connectivity index (χ3v) is 2.89. The van der Waals surface area contributed by atoms with Crippen molar-refractivity contribution in [1.29, 1.82) is 0 Å². The Morgan fingerprint density at radius 1 is 1.29 bits per heavy atom. The summed E-state index contributed by atoms with van der Waals surface area (Å²) in [6.45, 7) is -0.00285. The third-order valence-electron chi connectivity index (χ3n) is 2.89. The van der Waals surface area contributed by atoms with Gasteiger partial charge in [0.05, 0.1) is 17.9 Å². The van der Waals surface area contributed by atoms with Crippen molar-refractivity contribution in [3.8, 4) is 5.75 Å². The van der Waals surface area contributed by atoms with Gasteiger partial charge in [0.25, 0.3) is 0 Å². The minimum atomic E-state index is -2.83. The van der Waals surface area contributed by atoms with E-state index in [1.54, 1.807) is 30.7 Å². The number of nitrogens with zero attached hydrogens (tertiary/aromatic N) is 2. The van der Waals surface area contributed by atoms with Crippen LogP contribution in [0.1, 0.15) is 30.6 Å². The predicted octanol–water partition coefficient (Wildman–Crippen LogP) is 3.17. The zero-order valence-corrected chi connectivity index (χ0v) is 11.7. The van der Waals surface area contributed by atoms with Crippen molar-refractivity contribution >= 4 is 0 Å². The minimum Gasteiger partial charge on any atom is -0.435 e. The van der Waals surface area contributed by atoms with Gasteiger partial charge in [0, 0.05) is 12.4 Å². The van der Waals surface area contributed by atoms with Crippen LogP contribution in [0.4, 0.5) is 8.78 Å². The van der Waals surface area contributed by atoms with Gasteiger partial charge < -0.3 is 10.1 Å². The normalized spacial score (nSPS) is 12.4. The number of ether oxygens (including phenoxy) is 1. The number of alkyl halides is 2. The smallest absolute Gasteiger partial charge is 0.387 e. The van der Waals surface area contributed by atoms with E-state index in [1.165, 1.54) is 6.07 Å². The second-order valence-electron chi connectivity index (χ2n) is 4.47. The van der Waals surface area contributed by atoms with Gasteiger partial charge in [-0.1, -0.05) is 19.1 Å². The third kappa shape index (κ3) is 4.46. The van der Waals surface area contributed by atoms with Crippen LogP contribution in [0, 0.1) is 0 Å². The van der Waals surface area contributed by atoms with Gasteiger partial charge in [0.15, 0.2) is 0 Å². The van der Waals surface area contributed by atoms with Crippen LogP contribution < -0.4 is 10.1 Å². The number of nitrogens with one attached hydrogen (secondary N) is 1. The van der Waals surface area contributed by atoms with E-state index in [0.717, 1.165) is 24.2 Å². The highest BCUT2D eigenvalue weighted by Gasteiger charge is 2.16. The van der Waals surface area contributed by atoms with Crippen LogP contribution in [0.3, 0.4) is 0 Å². The summed E-state index contributed by atoms with van der Waals surface area (Å²) in [5.74, 6) is 0.134. The summed E-state index contributed by atoms with van der Waals surface area (Å²) < 4.78 is 29.1. The summed E-state index contributed by atoms with van der Waals surface area (Å²) in [6.07, 6.45) is 5.81. The first-order chi connectivity index (χ1) is 10.2. The molecule has 1 N–H and O–H groups in total. The Bertz CT molecular complexity index is 552. The molecule has 2 rings (SSSR count). The van der Waals surface area contributed by atoms with Crippen molar-refractivity contribution in [2.24, 2.45) is 0 Å². The number of hydrogen-bond donors (Lipinski definition) is 1. The molecular weight excluding hydrogens is 276 g/mol. The molecule has 1 atom stereocenters. The van der Waals surface area contributed by atoms with Gasteiger partial charge in [-0.25, -0.2) is 0 Å². The summed E-state index contributed by atoms with van der Waals surface area (Å²) in [6, 6.07) is 6.42. The summed E-state index contributed by atoms with van der Waals surface area (Å²) in [4.78, 5) is 8.34. The number of rotatable bonds is 7. The van der Waals surface area contributed by atoms with Crippen molar-refractivity contribution in [3.63, 3.8) is 0 Å². The molecule has 1 aromatic carbocycles. The Morgan fingerprint density at radius 2 is 2.14 bits per heavy atom. The lowest BCUT2D eigenvalue weighted by molar-refractivity contribution is -0.0498. The second kappa shape index (κ2) is 7.64. The SMILES string of the molecule is CCCNC(c1cccc(OC(F)F)c1)c1cnccn1. The summed E-state index contributed by atoms with van der Waals surface area (Å²) in [7, 11) is 0. The fourth-order valence-corrected chi connectivity index (χ4v) is 2.01. The number of benzene rings is 1. The molecule has 6 heteroatoms. The molecule has 0 aliphatic heterocycles. The molecule has 1 aromatic heterocycles. The Morgan fingerprint density at radius 3 is 2.81 bits per heavy atom. The monoisotopic (exact) mass is 293 g/mol. The fraction of sp³-hybridized carbons (Fsp3) is 0.333. The molecule has 0 saturated heterocycles. The summed E-state index contributed by atoms with van der Waals surface area (Å²) >= 11 is 0. The predicted molar refractivity (Wildman–Crippen MR) is 75.2 cm³/mol. The quantitative estimate of drug-likeness (QED) is 0.852. The Hall–Kier alpha value is -2.08. The number of hydrogen-bond acceptors (Lipinski definition) is 4. The molecule has 0 saturated carbocycles. The molecule has 0 radical (unpaired) electrons. The second-order valence-corrected chi connectivity index (χ2v) is 4.47. The Kier molecular flexibility index (Phi) is 5.57. The maximum absolute atomic E-state index is 12.3. The number of halogens is 2. The van der Waals surface area contributed by atoms with E-state index in [1.807, 2.05) is 6.07 Å². The van der Waals surface area contributed by atoms with Gasteiger partial charge in [-0.3, -0.25) is 9.97 Å². The number of aromatic nitrogens is 2. The molecule has 0 aliphatic rings. The van der Waals surface area contributed by atoms with E-state index in [4.69, 9.17) is 0 Å². The van der Waals surface area contributed by atoms with Gasteiger partial charge in [-0.05, 0) is 30.7 Å². The van der Waals surface area contributed by atoms with Gasteiger partial charge in [-0.2, -0.15) is 8.78 Å². The molecule has 21 heavy (non-hydrogen) atoms. The zero-order chi connectivity index (χ0) is 15.1. The molecule has 0 aliphatic carbocycles. The largest absolute Gasteiger partial charge is 0.435 e. The fourth-order valence-electron chi connectivity index (χ4n) is 2.01. The van der Waals surface area contributed by atoms with Crippen molar-refractivity contribution < 1.29 is 13.5 Å². The molecule has 112 valence electrons. The van der Waals surface area contributed by atoms with Crippen molar-refractivity contribution in [1.82, 2.24) is 15.3 Å². The molecule has 1 unspecified atom stereocenters. The summed E-state index contributed by atoms with van der Waals surface area (Å²) in [5.41, 5.74) is 1.54. The van der Waals surface area contributed by atoms with Crippen LogP contribution in [0.2, 0.25) is 0 Å². The highest BCUT2D eigenvalue weighted by Crippen LogP contribution is 2.24. The standard InChI is InChI=1S/C15H17F2N3O/c1-2-6-20-14(13-10-18-7-8-19-13)11-4-3-5-12(9-11)21-15(16)17/h3-5,7-10,14-15,20H,2,6H2,1H3. The Labute approximate surface area is 122 Å². The first kappa shape index (κ1) is 15.3. The molecular formula is C15H17F2N3O. The maximum Gasteiger partial charge on any atom is 0.387 e. The van der Waals surface area contributed by atoms with Gasteiger partial charge >= 0.3 is 6.61 Å². The molecule has 0 spiro atoms. The van der Waals surface area contributed by atoms with Crippen LogP contribution in [-0.2, 0) is 0 Å². The maximum atomic E-state index is 12.3. The molecule has 2 aromatic rings. The average Bonchev–Trinajstić information content (AvgIpc) is 2.48. The highest BCUT2D eigenvalue weighted by atomic mass is 19.3. The average molecular weight is 293 g/mol. The molecule has 4 nitrogen and oxygen atoms in total. The van der Waals surface area contributed by atoms with Crippen molar-refractivity contribution in [2.75, 3.05) is 6.54 Å². The van der Waals surface area contributed by atoms with Crippen molar-refractivity contribution in [3.05, 3.63) is 54.1 Å². The van der Waals surface area contributed by atoms with Gasteiger partial charge in [0.2, 0.25) is 0 Å². The molecule has 0 amide bonds. The van der Waals surface area contributed by atoms with E-state index >= 15 is 0 Å². The first-order valence-corrected chi connectivity index (χ1v) is 6.74. The van der Waals surface area contributed by atoms with E-state index in [2.05, 4.69) is 26.9 Å². The lowest BCUT2D eigenvalue weighted by Crippen LogP contribution is -2.24. The van der Waals surface area contributed by atoms with Gasteiger partial charge in [-0.15, -0.1) is 0 Å². The van der Waals surface area contributed by atoms with Gasteiger partial charge in [0.1, 0.15) is 5.75 Å². The highest BCUT2D eigenvalue weighted by molar-refractivity contribution is 5.34. The van der Waals surface area contributed by atoms with E-state index in [-0.39, 0.29) is 11.8 Å². The minimum absolute atomic E-state index is 0.134. The lowest BCUT2D eigenvalue weighted by atomic mass is 10.0. The molecule has 1 heterocycles. The van der Waals surface area contributed by atoms with E-state index in [0.29, 0.717) is 0 Å². The van der Waals surface area contributed by atoms with Crippen LogP contribution in [0.25, 0.3) is 0 Å². The molecule has 0 bridgehead atoms. The summed E-state index contributed by atoms with van der Waals surface area (Å²) in [5, 5.41) is 3.34. The van der Waals surface area contributed by atoms with Crippen LogP contribution in [0.5, 0.6) is 5.75 Å². The first-order valence-electron chi connectivity index (χ1n) is 6.74.